The van der Waals surface area contributed by atoms with Gasteiger partial charge in [-0.2, -0.15) is 0 Å². The lowest BCUT2D eigenvalue weighted by Crippen LogP contribution is -2.48. The average molecular weight is 247 g/mol. The van der Waals surface area contributed by atoms with Gasteiger partial charge in [0.1, 0.15) is 12.2 Å². The zero-order valence-electron chi connectivity index (χ0n) is 10.5. The SMILES string of the molecule is CCOC(OCC)C1OC[C@@H](OC(C)=O)[C@@H]1N. The minimum Gasteiger partial charge on any atom is -0.458 e. The number of ether oxygens (including phenoxy) is 4. The normalized spacial score (nSPS) is 28.6. The number of hydrogen-bond donors (Lipinski definition) is 1. The van der Waals surface area contributed by atoms with Gasteiger partial charge in [-0.25, -0.2) is 0 Å². The van der Waals surface area contributed by atoms with E-state index < -0.39 is 24.5 Å². The molecule has 1 saturated heterocycles. The molecular weight excluding hydrogens is 226 g/mol. The zero-order valence-corrected chi connectivity index (χ0v) is 10.5. The molecule has 1 unspecified atom stereocenters. The maximum Gasteiger partial charge on any atom is 0.303 e. The topological polar surface area (TPSA) is 80.0 Å². The fraction of sp³-hybridized carbons (Fsp3) is 0.909. The van der Waals surface area contributed by atoms with E-state index >= 15 is 0 Å². The lowest BCUT2D eigenvalue weighted by atomic mass is 10.1. The highest BCUT2D eigenvalue weighted by molar-refractivity contribution is 5.66. The fourth-order valence-electron chi connectivity index (χ4n) is 1.79. The molecule has 0 aromatic carbocycles. The minimum atomic E-state index is -0.513. The van der Waals surface area contributed by atoms with Gasteiger partial charge in [-0.05, 0) is 13.8 Å². The van der Waals surface area contributed by atoms with Crippen molar-refractivity contribution >= 4 is 5.97 Å². The van der Waals surface area contributed by atoms with Crippen molar-refractivity contribution in [1.29, 1.82) is 0 Å². The molecular formula is C11H21NO5. The molecule has 0 bridgehead atoms. The first kappa shape index (κ1) is 14.4. The molecule has 0 aromatic heterocycles. The van der Waals surface area contributed by atoms with Crippen molar-refractivity contribution in [2.45, 2.75) is 45.3 Å². The molecule has 6 nitrogen and oxygen atoms in total. The van der Waals surface area contributed by atoms with Gasteiger partial charge in [0.05, 0.1) is 12.6 Å². The monoisotopic (exact) mass is 247 g/mol. The van der Waals surface area contributed by atoms with Crippen molar-refractivity contribution < 1.29 is 23.7 Å². The molecule has 0 radical (unpaired) electrons. The molecule has 0 saturated carbocycles. The van der Waals surface area contributed by atoms with Crippen molar-refractivity contribution in [3.8, 4) is 0 Å². The van der Waals surface area contributed by atoms with Crippen molar-refractivity contribution in [2.24, 2.45) is 5.73 Å². The van der Waals surface area contributed by atoms with E-state index in [0.717, 1.165) is 0 Å². The summed E-state index contributed by atoms with van der Waals surface area (Å²) in [7, 11) is 0. The highest BCUT2D eigenvalue weighted by Gasteiger charge is 2.42. The second kappa shape index (κ2) is 6.90. The smallest absolute Gasteiger partial charge is 0.303 e. The van der Waals surface area contributed by atoms with E-state index in [4.69, 9.17) is 24.7 Å². The maximum atomic E-state index is 10.9. The second-order valence-electron chi connectivity index (χ2n) is 3.80. The van der Waals surface area contributed by atoms with Crippen molar-refractivity contribution in [1.82, 2.24) is 0 Å². The molecule has 6 heteroatoms. The highest BCUT2D eigenvalue weighted by Crippen LogP contribution is 2.21. The van der Waals surface area contributed by atoms with Gasteiger partial charge < -0.3 is 24.7 Å². The zero-order chi connectivity index (χ0) is 12.8. The van der Waals surface area contributed by atoms with Crippen LogP contribution in [0.1, 0.15) is 20.8 Å². The predicted molar refractivity (Wildman–Crippen MR) is 60.3 cm³/mol. The van der Waals surface area contributed by atoms with Crippen LogP contribution in [0.2, 0.25) is 0 Å². The summed E-state index contributed by atoms with van der Waals surface area (Å²) in [4.78, 5) is 10.9. The van der Waals surface area contributed by atoms with Gasteiger partial charge >= 0.3 is 5.97 Å². The Balaban J connectivity index is 2.56. The lowest BCUT2D eigenvalue weighted by Gasteiger charge is -2.26. The van der Waals surface area contributed by atoms with E-state index in [0.29, 0.717) is 13.2 Å². The molecule has 1 aliphatic heterocycles. The van der Waals surface area contributed by atoms with Crippen LogP contribution in [0.25, 0.3) is 0 Å². The summed E-state index contributed by atoms with van der Waals surface area (Å²) in [5.74, 6) is -0.362. The van der Waals surface area contributed by atoms with Crippen LogP contribution < -0.4 is 5.73 Å². The predicted octanol–water partition coefficient (Wildman–Crippen LogP) is 0.0433. The highest BCUT2D eigenvalue weighted by atomic mass is 16.7. The van der Waals surface area contributed by atoms with Crippen molar-refractivity contribution in [3.05, 3.63) is 0 Å². The van der Waals surface area contributed by atoms with Gasteiger partial charge in [-0.1, -0.05) is 0 Å². The molecule has 0 aliphatic carbocycles. The Morgan fingerprint density at radius 2 is 2.00 bits per heavy atom. The number of hydrogen-bond acceptors (Lipinski definition) is 6. The number of esters is 1. The van der Waals surface area contributed by atoms with Crippen LogP contribution in [-0.2, 0) is 23.7 Å². The molecule has 1 heterocycles. The third-order valence-electron chi connectivity index (χ3n) is 2.51. The second-order valence-corrected chi connectivity index (χ2v) is 3.80. The Morgan fingerprint density at radius 1 is 1.41 bits per heavy atom. The van der Waals surface area contributed by atoms with Crippen LogP contribution in [0.3, 0.4) is 0 Å². The number of rotatable bonds is 6. The number of carbonyl (C=O) groups is 1. The molecule has 100 valence electrons. The Bertz CT molecular complexity index is 242. The molecule has 3 atom stereocenters. The van der Waals surface area contributed by atoms with Crippen LogP contribution in [-0.4, -0.2) is 50.3 Å². The number of nitrogens with two attached hydrogens (primary N) is 1. The fourth-order valence-corrected chi connectivity index (χ4v) is 1.79. The molecule has 0 aromatic rings. The molecule has 17 heavy (non-hydrogen) atoms. The first-order valence-corrected chi connectivity index (χ1v) is 5.87. The molecule has 0 amide bonds. The summed E-state index contributed by atoms with van der Waals surface area (Å²) in [5.41, 5.74) is 5.97. The van der Waals surface area contributed by atoms with Gasteiger partial charge in [-0.15, -0.1) is 0 Å². The summed E-state index contributed by atoms with van der Waals surface area (Å²) in [6, 6.07) is -0.429. The van der Waals surface area contributed by atoms with Gasteiger partial charge in [0, 0.05) is 20.1 Å². The standard InChI is InChI=1S/C11H21NO5/c1-4-14-11(15-5-2)10-9(12)8(6-16-10)17-7(3)13/h8-11H,4-6,12H2,1-3H3/t8-,9+,10?/m1/s1. The van der Waals surface area contributed by atoms with Gasteiger partial charge in [0.2, 0.25) is 0 Å². The van der Waals surface area contributed by atoms with Gasteiger partial charge in [-0.3, -0.25) is 4.79 Å². The van der Waals surface area contributed by atoms with E-state index in [1.165, 1.54) is 6.92 Å². The molecule has 2 N–H and O–H groups in total. The van der Waals surface area contributed by atoms with Crippen LogP contribution in [0, 0.1) is 0 Å². The summed E-state index contributed by atoms with van der Waals surface area (Å²) in [6.07, 6.45) is -1.35. The Kier molecular flexibility index (Phi) is 5.84. The maximum absolute atomic E-state index is 10.9. The quantitative estimate of drug-likeness (QED) is 0.527. The Hall–Kier alpha value is -0.690. The van der Waals surface area contributed by atoms with E-state index in [1.54, 1.807) is 0 Å². The first-order chi connectivity index (χ1) is 8.10. The number of carbonyl (C=O) groups excluding carboxylic acids is 1. The van der Waals surface area contributed by atoms with E-state index in [9.17, 15) is 4.79 Å². The lowest BCUT2D eigenvalue weighted by molar-refractivity contribution is -0.194. The van der Waals surface area contributed by atoms with Gasteiger partial charge in [0.15, 0.2) is 6.29 Å². The van der Waals surface area contributed by atoms with Crippen LogP contribution in [0.15, 0.2) is 0 Å². The average Bonchev–Trinajstić information content (AvgIpc) is 2.60. The van der Waals surface area contributed by atoms with Crippen LogP contribution in [0.4, 0.5) is 0 Å². The third kappa shape index (κ3) is 3.92. The van der Waals surface area contributed by atoms with Crippen molar-refractivity contribution in [2.75, 3.05) is 19.8 Å². The molecule has 1 fully saturated rings. The van der Waals surface area contributed by atoms with Crippen LogP contribution >= 0.6 is 0 Å². The summed E-state index contributed by atoms with van der Waals surface area (Å²) in [5, 5.41) is 0. The van der Waals surface area contributed by atoms with Gasteiger partial charge in [0.25, 0.3) is 0 Å². The molecule has 1 rings (SSSR count). The summed E-state index contributed by atoms with van der Waals surface area (Å²) >= 11 is 0. The summed E-state index contributed by atoms with van der Waals surface area (Å²) < 4.78 is 21.4. The van der Waals surface area contributed by atoms with E-state index in [1.807, 2.05) is 13.8 Å². The summed E-state index contributed by atoms with van der Waals surface area (Å²) in [6.45, 7) is 6.39. The third-order valence-corrected chi connectivity index (χ3v) is 2.51. The molecule has 0 spiro atoms. The van der Waals surface area contributed by atoms with Crippen molar-refractivity contribution in [3.63, 3.8) is 0 Å². The minimum absolute atomic E-state index is 0.280. The van der Waals surface area contributed by atoms with Crippen LogP contribution in [0.5, 0.6) is 0 Å². The molecule has 1 aliphatic rings. The van der Waals surface area contributed by atoms with E-state index in [2.05, 4.69) is 0 Å². The Labute approximate surface area is 101 Å². The largest absolute Gasteiger partial charge is 0.458 e. The Morgan fingerprint density at radius 3 is 2.47 bits per heavy atom. The first-order valence-electron chi connectivity index (χ1n) is 5.87. The van der Waals surface area contributed by atoms with E-state index in [-0.39, 0.29) is 12.6 Å².